The van der Waals surface area contributed by atoms with Gasteiger partial charge in [-0.3, -0.25) is 10.1 Å². The highest BCUT2D eigenvalue weighted by Gasteiger charge is 2.44. The molecule has 0 aliphatic heterocycles. The Kier molecular flexibility index (Phi) is 3.51. The van der Waals surface area contributed by atoms with Crippen LogP contribution in [0.2, 0.25) is 0 Å². The Hall–Kier alpha value is -1.31. The van der Waals surface area contributed by atoms with Crippen molar-refractivity contribution in [3.8, 4) is 0 Å². The van der Waals surface area contributed by atoms with Gasteiger partial charge in [0, 0.05) is 0 Å². The maximum absolute atomic E-state index is 10.7. The average Bonchev–Trinajstić information content (AvgIpc) is 2.17. The van der Waals surface area contributed by atoms with E-state index in [1.807, 2.05) is 0 Å². The summed E-state index contributed by atoms with van der Waals surface area (Å²) >= 11 is -2.45. The quantitative estimate of drug-likeness (QED) is 0.336. The second-order valence-corrected chi connectivity index (χ2v) is 3.84. The summed E-state index contributed by atoms with van der Waals surface area (Å²) in [6, 6.07) is 7.29. The zero-order valence-electron chi connectivity index (χ0n) is 7.57. The van der Waals surface area contributed by atoms with Gasteiger partial charge in [0.2, 0.25) is 0 Å². The molecule has 1 rings (SSSR count). The zero-order valence-corrected chi connectivity index (χ0v) is 8.38. The summed E-state index contributed by atoms with van der Waals surface area (Å²) in [5, 5.41) is 20.3. The summed E-state index contributed by atoms with van der Waals surface area (Å²) in [7, 11) is 0. The summed E-state index contributed by atoms with van der Waals surface area (Å²) in [6.45, 7) is 0. The minimum atomic E-state index is -2.51. The zero-order chi connectivity index (χ0) is 11.5. The van der Waals surface area contributed by atoms with Gasteiger partial charge in [-0.15, -0.1) is 0 Å². The number of nitro groups is 1. The van der Waals surface area contributed by atoms with Crippen molar-refractivity contribution < 1.29 is 18.8 Å². The Morgan fingerprint density at radius 1 is 1.40 bits per heavy atom. The van der Waals surface area contributed by atoms with Gasteiger partial charge in [-0.2, -0.15) is 0 Å². The van der Waals surface area contributed by atoms with E-state index < -0.39 is 27.5 Å². The molecule has 0 aliphatic carbocycles. The molecule has 6 nitrogen and oxygen atoms in total. The molecule has 0 saturated carbocycles. The second-order valence-electron chi connectivity index (χ2n) is 2.91. The molecule has 0 bridgehead atoms. The molecule has 0 aromatic heterocycles. The first-order chi connectivity index (χ1) is 6.97. The van der Waals surface area contributed by atoms with Crippen LogP contribution in [0.3, 0.4) is 0 Å². The topological polar surface area (TPSA) is 101 Å². The average molecular weight is 231 g/mol. The third-order valence-corrected chi connectivity index (χ3v) is 2.51. The van der Waals surface area contributed by atoms with Gasteiger partial charge in [0.05, 0.1) is 10.5 Å². The van der Waals surface area contributed by atoms with Crippen LogP contribution in [-0.2, 0) is 16.8 Å². The molecule has 0 spiro atoms. The van der Waals surface area contributed by atoms with E-state index in [0.29, 0.717) is 0 Å². The smallest absolute Gasteiger partial charge is 0.326 e. The lowest BCUT2D eigenvalue weighted by atomic mass is 10.1. The van der Waals surface area contributed by atoms with Gasteiger partial charge in [-0.05, 0) is 12.1 Å². The Morgan fingerprint density at radius 3 is 2.33 bits per heavy atom. The molecule has 0 fully saturated rings. The molecule has 1 aromatic carbocycles. The van der Waals surface area contributed by atoms with E-state index >= 15 is 0 Å². The number of rotatable bonds is 4. The molecule has 2 atom stereocenters. The fourth-order valence-electron chi connectivity index (χ4n) is 1.12. The van der Waals surface area contributed by atoms with Crippen LogP contribution in [0.1, 0.15) is 5.56 Å². The molecule has 15 heavy (non-hydrogen) atoms. The summed E-state index contributed by atoms with van der Waals surface area (Å²) in [5.41, 5.74) is -2.53. The van der Waals surface area contributed by atoms with E-state index in [0.717, 1.165) is 0 Å². The van der Waals surface area contributed by atoms with Crippen LogP contribution in [-0.4, -0.2) is 24.5 Å². The molecule has 0 radical (unpaired) electrons. The lowest BCUT2D eigenvalue weighted by Crippen LogP contribution is -2.40. The van der Waals surface area contributed by atoms with Crippen LogP contribution in [0.4, 0.5) is 0 Å². The van der Waals surface area contributed by atoms with Crippen molar-refractivity contribution in [2.75, 3.05) is 5.75 Å². The molecule has 2 unspecified atom stereocenters. The van der Waals surface area contributed by atoms with E-state index in [4.69, 9.17) is 4.55 Å². The lowest BCUT2D eigenvalue weighted by Gasteiger charge is -2.17. The Labute approximate surface area is 88.0 Å². The van der Waals surface area contributed by atoms with E-state index in [1.165, 1.54) is 24.3 Å². The van der Waals surface area contributed by atoms with E-state index in [1.54, 1.807) is 6.07 Å². The largest absolute Gasteiger partial charge is 0.362 e. The van der Waals surface area contributed by atoms with Crippen molar-refractivity contribution in [2.45, 2.75) is 5.72 Å². The van der Waals surface area contributed by atoms with Crippen molar-refractivity contribution in [2.24, 2.45) is 0 Å². The monoisotopic (exact) mass is 231 g/mol. The normalized spacial score (nSPS) is 16.7. The molecule has 0 aliphatic rings. The standard InChI is InChI=1S/C8H9NO5S/c10-8(9(11)12,6-15(13)14)7-4-2-1-3-5-7/h1-5,10H,6H2,(H,13,14). The van der Waals surface area contributed by atoms with Gasteiger partial charge < -0.3 is 9.66 Å². The first-order valence-electron chi connectivity index (χ1n) is 3.96. The van der Waals surface area contributed by atoms with Crippen LogP contribution in [0.5, 0.6) is 0 Å². The number of hydrogen-bond acceptors (Lipinski definition) is 4. The maximum atomic E-state index is 10.7. The van der Waals surface area contributed by atoms with Crippen molar-refractivity contribution >= 4 is 11.1 Å². The van der Waals surface area contributed by atoms with Crippen LogP contribution in [0.15, 0.2) is 30.3 Å². The molecule has 0 saturated heterocycles. The first-order valence-corrected chi connectivity index (χ1v) is 5.24. The van der Waals surface area contributed by atoms with Crippen LogP contribution >= 0.6 is 0 Å². The van der Waals surface area contributed by atoms with Crippen molar-refractivity contribution in [3.63, 3.8) is 0 Å². The molecular weight excluding hydrogens is 222 g/mol. The second kappa shape index (κ2) is 4.47. The predicted molar refractivity (Wildman–Crippen MR) is 53.0 cm³/mol. The van der Waals surface area contributed by atoms with Gasteiger partial charge in [0.1, 0.15) is 0 Å². The van der Waals surface area contributed by atoms with Gasteiger partial charge in [0.15, 0.2) is 16.8 Å². The summed E-state index contributed by atoms with van der Waals surface area (Å²) in [5.74, 6) is -0.857. The fraction of sp³-hybridized carbons (Fsp3) is 0.250. The Bertz CT molecular complexity index is 382. The molecule has 82 valence electrons. The number of benzene rings is 1. The summed E-state index contributed by atoms with van der Waals surface area (Å²) < 4.78 is 19.1. The van der Waals surface area contributed by atoms with Crippen molar-refractivity contribution in [1.82, 2.24) is 0 Å². The van der Waals surface area contributed by atoms with Crippen molar-refractivity contribution in [3.05, 3.63) is 46.0 Å². The lowest BCUT2D eigenvalue weighted by molar-refractivity contribution is -0.628. The van der Waals surface area contributed by atoms with Crippen LogP contribution in [0, 0.1) is 10.1 Å². The highest BCUT2D eigenvalue weighted by molar-refractivity contribution is 7.79. The van der Waals surface area contributed by atoms with E-state index in [2.05, 4.69) is 0 Å². The molecular formula is C8H9NO5S. The number of aliphatic hydroxyl groups is 1. The Balaban J connectivity index is 3.13. The number of hydrogen-bond donors (Lipinski definition) is 2. The van der Waals surface area contributed by atoms with Crippen molar-refractivity contribution in [1.29, 1.82) is 0 Å². The Morgan fingerprint density at radius 2 is 1.93 bits per heavy atom. The molecule has 2 N–H and O–H groups in total. The maximum Gasteiger partial charge on any atom is 0.362 e. The highest BCUT2D eigenvalue weighted by Crippen LogP contribution is 2.22. The third kappa shape index (κ3) is 2.58. The van der Waals surface area contributed by atoms with E-state index in [-0.39, 0.29) is 5.56 Å². The highest BCUT2D eigenvalue weighted by atomic mass is 32.2. The first kappa shape index (κ1) is 11.8. The SMILES string of the molecule is O=[N+]([O-])C(O)(CS(=O)O)c1ccccc1. The summed E-state index contributed by atoms with van der Waals surface area (Å²) in [6.07, 6.45) is 0. The van der Waals surface area contributed by atoms with Gasteiger partial charge in [0.25, 0.3) is 0 Å². The number of nitrogens with zero attached hydrogens (tertiary/aromatic N) is 1. The van der Waals surface area contributed by atoms with Gasteiger partial charge in [-0.1, -0.05) is 18.2 Å². The van der Waals surface area contributed by atoms with Gasteiger partial charge in [-0.25, -0.2) is 4.21 Å². The van der Waals surface area contributed by atoms with Gasteiger partial charge >= 0.3 is 5.72 Å². The predicted octanol–water partition coefficient (Wildman–Crippen LogP) is 0.330. The molecule has 1 aromatic rings. The summed E-state index contributed by atoms with van der Waals surface area (Å²) in [4.78, 5) is 9.69. The fourth-order valence-corrected chi connectivity index (χ4v) is 1.74. The van der Waals surface area contributed by atoms with Crippen LogP contribution < -0.4 is 0 Å². The third-order valence-electron chi connectivity index (χ3n) is 1.86. The minimum absolute atomic E-state index is 0.0163. The minimum Gasteiger partial charge on any atom is -0.326 e. The molecule has 7 heteroatoms. The molecule has 0 heterocycles. The molecule has 0 amide bonds. The van der Waals surface area contributed by atoms with Crippen LogP contribution in [0.25, 0.3) is 0 Å². The van der Waals surface area contributed by atoms with E-state index in [9.17, 15) is 19.4 Å².